The van der Waals surface area contributed by atoms with E-state index in [0.717, 1.165) is 37.2 Å². The standard InChI is InChI=1S/C27H31N3O4S/c1-34-24-16-12-21(13-17-24)26(30-18-6-3-7-19-30)20-28-27(31)22-10-14-23(15-11-22)29-35(32,33)25-8-4-2-5-9-25/h2,4-5,8-17,26,29H,3,6-7,18-20H2,1H3,(H,28,31). The van der Waals surface area contributed by atoms with E-state index in [9.17, 15) is 13.2 Å². The number of piperidine rings is 1. The lowest BCUT2D eigenvalue weighted by atomic mass is 10.0. The Morgan fingerprint density at radius 3 is 2.20 bits per heavy atom. The van der Waals surface area contributed by atoms with Crippen molar-refractivity contribution in [3.8, 4) is 5.75 Å². The predicted molar refractivity (Wildman–Crippen MR) is 137 cm³/mol. The fraction of sp³-hybridized carbons (Fsp3) is 0.296. The van der Waals surface area contributed by atoms with Crippen molar-refractivity contribution < 1.29 is 17.9 Å². The van der Waals surface area contributed by atoms with Gasteiger partial charge in [0.25, 0.3) is 15.9 Å². The fourth-order valence-corrected chi connectivity index (χ4v) is 5.39. The number of ether oxygens (including phenoxy) is 1. The van der Waals surface area contributed by atoms with Crippen molar-refractivity contribution in [1.82, 2.24) is 10.2 Å². The van der Waals surface area contributed by atoms with Gasteiger partial charge in [-0.15, -0.1) is 0 Å². The van der Waals surface area contributed by atoms with Crippen molar-refractivity contribution in [2.45, 2.75) is 30.2 Å². The Morgan fingerprint density at radius 1 is 0.914 bits per heavy atom. The van der Waals surface area contributed by atoms with E-state index < -0.39 is 10.0 Å². The highest BCUT2D eigenvalue weighted by molar-refractivity contribution is 7.92. The lowest BCUT2D eigenvalue weighted by Gasteiger charge is -2.35. The normalized spacial score (nSPS) is 15.2. The van der Waals surface area contributed by atoms with Gasteiger partial charge in [0.15, 0.2) is 0 Å². The van der Waals surface area contributed by atoms with Crippen LogP contribution in [-0.4, -0.2) is 46.0 Å². The third-order valence-corrected chi connectivity index (χ3v) is 7.64. The topological polar surface area (TPSA) is 87.7 Å². The minimum atomic E-state index is -3.68. The van der Waals surface area contributed by atoms with Crippen LogP contribution in [0.25, 0.3) is 0 Å². The summed E-state index contributed by atoms with van der Waals surface area (Å²) < 4.78 is 32.9. The SMILES string of the molecule is COc1ccc(C(CNC(=O)c2ccc(NS(=O)(=O)c3ccccc3)cc2)N2CCCCC2)cc1. The van der Waals surface area contributed by atoms with Gasteiger partial charge >= 0.3 is 0 Å². The molecule has 0 aliphatic carbocycles. The summed E-state index contributed by atoms with van der Waals surface area (Å²) in [4.78, 5) is 15.5. The Labute approximate surface area is 207 Å². The first kappa shape index (κ1) is 24.8. The number of sulfonamides is 1. The summed E-state index contributed by atoms with van der Waals surface area (Å²) in [5.41, 5.74) is 2.01. The third-order valence-electron chi connectivity index (χ3n) is 6.24. The smallest absolute Gasteiger partial charge is 0.261 e. The van der Waals surface area contributed by atoms with Crippen molar-refractivity contribution >= 4 is 21.6 Å². The molecule has 1 fully saturated rings. The summed E-state index contributed by atoms with van der Waals surface area (Å²) in [7, 11) is -2.03. The highest BCUT2D eigenvalue weighted by Crippen LogP contribution is 2.26. The first-order valence-corrected chi connectivity index (χ1v) is 13.3. The number of nitrogens with zero attached hydrogens (tertiary/aromatic N) is 1. The molecule has 0 aromatic heterocycles. The number of nitrogens with one attached hydrogen (secondary N) is 2. The van der Waals surface area contributed by atoms with E-state index in [0.29, 0.717) is 17.8 Å². The van der Waals surface area contributed by atoms with Gasteiger partial charge in [-0.3, -0.25) is 14.4 Å². The zero-order valence-corrected chi connectivity index (χ0v) is 20.6. The van der Waals surface area contributed by atoms with Crippen LogP contribution in [-0.2, 0) is 10.0 Å². The average Bonchev–Trinajstić information content (AvgIpc) is 2.90. The number of benzene rings is 3. The summed E-state index contributed by atoms with van der Waals surface area (Å²) in [6.07, 6.45) is 3.54. The lowest BCUT2D eigenvalue weighted by molar-refractivity contribution is 0.0924. The molecular formula is C27H31N3O4S. The van der Waals surface area contributed by atoms with E-state index in [4.69, 9.17) is 4.74 Å². The van der Waals surface area contributed by atoms with Gasteiger partial charge in [0.2, 0.25) is 0 Å². The van der Waals surface area contributed by atoms with Crippen molar-refractivity contribution in [3.63, 3.8) is 0 Å². The molecule has 1 aliphatic heterocycles. The van der Waals surface area contributed by atoms with Crippen LogP contribution in [0.4, 0.5) is 5.69 Å². The molecule has 1 heterocycles. The number of rotatable bonds is 9. The molecular weight excluding hydrogens is 462 g/mol. The summed E-state index contributed by atoms with van der Waals surface area (Å²) in [5, 5.41) is 3.07. The van der Waals surface area contributed by atoms with Crippen molar-refractivity contribution in [2.24, 2.45) is 0 Å². The molecule has 7 nitrogen and oxygen atoms in total. The van der Waals surface area contributed by atoms with E-state index in [1.807, 2.05) is 12.1 Å². The first-order chi connectivity index (χ1) is 17.0. The quantitative estimate of drug-likeness (QED) is 0.460. The van der Waals surface area contributed by atoms with Gasteiger partial charge in [0.05, 0.1) is 18.0 Å². The summed E-state index contributed by atoms with van der Waals surface area (Å²) in [5.74, 6) is 0.608. The summed E-state index contributed by atoms with van der Waals surface area (Å²) >= 11 is 0. The zero-order valence-electron chi connectivity index (χ0n) is 19.8. The Morgan fingerprint density at radius 2 is 1.57 bits per heavy atom. The van der Waals surface area contributed by atoms with E-state index in [2.05, 4.69) is 27.1 Å². The second kappa shape index (κ2) is 11.4. The molecule has 2 N–H and O–H groups in total. The Kier molecular flexibility index (Phi) is 8.05. The van der Waals surface area contributed by atoms with Crippen LogP contribution >= 0.6 is 0 Å². The molecule has 184 valence electrons. The van der Waals surface area contributed by atoms with Gasteiger partial charge in [-0.25, -0.2) is 8.42 Å². The molecule has 1 unspecified atom stereocenters. The molecule has 0 radical (unpaired) electrons. The van der Waals surface area contributed by atoms with Crippen LogP contribution < -0.4 is 14.8 Å². The van der Waals surface area contributed by atoms with Gasteiger partial charge in [-0.1, -0.05) is 36.8 Å². The number of amides is 1. The molecule has 1 amide bonds. The Bertz CT molecular complexity index is 1210. The number of carbonyl (C=O) groups excluding carboxylic acids is 1. The van der Waals surface area contributed by atoms with Crippen LogP contribution in [0.2, 0.25) is 0 Å². The predicted octanol–water partition coefficient (Wildman–Crippen LogP) is 4.45. The zero-order chi connectivity index (χ0) is 24.7. The van der Waals surface area contributed by atoms with Crippen LogP contribution in [0, 0.1) is 0 Å². The monoisotopic (exact) mass is 493 g/mol. The molecule has 1 atom stereocenters. The van der Waals surface area contributed by atoms with Gasteiger partial charge in [-0.2, -0.15) is 0 Å². The molecule has 35 heavy (non-hydrogen) atoms. The Hall–Kier alpha value is -3.36. The number of hydrogen-bond donors (Lipinski definition) is 2. The molecule has 1 aliphatic rings. The maximum absolute atomic E-state index is 12.9. The van der Waals surface area contributed by atoms with Gasteiger partial charge in [0.1, 0.15) is 5.75 Å². The van der Waals surface area contributed by atoms with Crippen LogP contribution in [0.15, 0.2) is 83.8 Å². The van der Waals surface area contributed by atoms with E-state index in [-0.39, 0.29) is 16.8 Å². The molecule has 3 aromatic rings. The molecule has 1 saturated heterocycles. The van der Waals surface area contributed by atoms with E-state index in [1.54, 1.807) is 49.6 Å². The van der Waals surface area contributed by atoms with E-state index in [1.165, 1.54) is 18.6 Å². The molecule has 0 saturated carbocycles. The maximum Gasteiger partial charge on any atom is 0.261 e. The Balaban J connectivity index is 1.41. The molecule has 8 heteroatoms. The largest absolute Gasteiger partial charge is 0.497 e. The second-order valence-electron chi connectivity index (χ2n) is 8.59. The fourth-order valence-electron chi connectivity index (χ4n) is 4.31. The first-order valence-electron chi connectivity index (χ1n) is 11.8. The third kappa shape index (κ3) is 6.41. The second-order valence-corrected chi connectivity index (χ2v) is 10.3. The van der Waals surface area contributed by atoms with Gasteiger partial charge in [0, 0.05) is 17.8 Å². The van der Waals surface area contributed by atoms with Gasteiger partial charge < -0.3 is 10.1 Å². The lowest BCUT2D eigenvalue weighted by Crippen LogP contribution is -2.40. The van der Waals surface area contributed by atoms with Crippen molar-refractivity contribution in [3.05, 3.63) is 90.0 Å². The molecule has 0 spiro atoms. The van der Waals surface area contributed by atoms with Crippen molar-refractivity contribution in [1.29, 1.82) is 0 Å². The van der Waals surface area contributed by atoms with E-state index >= 15 is 0 Å². The number of anilines is 1. The summed E-state index contributed by atoms with van der Waals surface area (Å²) in [6, 6.07) is 22.7. The average molecular weight is 494 g/mol. The highest BCUT2D eigenvalue weighted by Gasteiger charge is 2.23. The van der Waals surface area contributed by atoms with Crippen LogP contribution in [0.1, 0.15) is 41.2 Å². The number of likely N-dealkylation sites (tertiary alicyclic amines) is 1. The minimum absolute atomic E-state index is 0.0714. The van der Waals surface area contributed by atoms with Crippen LogP contribution in [0.5, 0.6) is 5.75 Å². The van der Waals surface area contributed by atoms with Crippen molar-refractivity contribution in [2.75, 3.05) is 31.5 Å². The number of carbonyl (C=O) groups is 1. The van der Waals surface area contributed by atoms with Crippen LogP contribution in [0.3, 0.4) is 0 Å². The van der Waals surface area contributed by atoms with Gasteiger partial charge in [-0.05, 0) is 80.0 Å². The maximum atomic E-state index is 12.9. The minimum Gasteiger partial charge on any atom is -0.497 e. The summed E-state index contributed by atoms with van der Waals surface area (Å²) in [6.45, 7) is 2.49. The molecule has 4 rings (SSSR count). The molecule has 3 aromatic carbocycles. The number of methoxy groups -OCH3 is 1. The molecule has 0 bridgehead atoms. The number of hydrogen-bond acceptors (Lipinski definition) is 5. The highest BCUT2D eigenvalue weighted by atomic mass is 32.2.